The van der Waals surface area contributed by atoms with Crippen LogP contribution >= 0.6 is 0 Å². The van der Waals surface area contributed by atoms with Crippen molar-refractivity contribution in [1.29, 1.82) is 0 Å². The fraction of sp³-hybridized carbons (Fsp3) is 0.552. The average molecular weight is 495 g/mol. The number of piperidine rings is 1. The Labute approximate surface area is 215 Å². The number of aliphatic hydroxyl groups excluding tert-OH is 1. The monoisotopic (exact) mass is 494 g/mol. The SMILES string of the molecule is Cc1cc(OC(C)C(=O)N(C)C2CCN(CC(O)NC3(c4ccccc4)CC3)CC2)c(C)c(C)c1N. The summed E-state index contributed by atoms with van der Waals surface area (Å²) < 4.78 is 6.10. The Morgan fingerprint density at radius 2 is 1.83 bits per heavy atom. The lowest BCUT2D eigenvalue weighted by molar-refractivity contribution is -0.139. The van der Waals surface area contributed by atoms with Crippen LogP contribution in [0.2, 0.25) is 0 Å². The number of nitrogens with two attached hydrogens (primary N) is 1. The molecule has 0 aromatic heterocycles. The molecule has 2 aromatic rings. The highest BCUT2D eigenvalue weighted by Crippen LogP contribution is 2.45. The van der Waals surface area contributed by atoms with Crippen LogP contribution in [0.1, 0.15) is 54.9 Å². The fourth-order valence-corrected chi connectivity index (χ4v) is 5.39. The van der Waals surface area contributed by atoms with Gasteiger partial charge in [0.05, 0.1) is 0 Å². The van der Waals surface area contributed by atoms with Gasteiger partial charge in [-0.3, -0.25) is 15.0 Å². The molecule has 4 rings (SSSR count). The van der Waals surface area contributed by atoms with Crippen LogP contribution < -0.4 is 15.8 Å². The van der Waals surface area contributed by atoms with Crippen molar-refractivity contribution in [2.45, 2.75) is 77.3 Å². The van der Waals surface area contributed by atoms with E-state index in [9.17, 15) is 9.90 Å². The number of hydrogen-bond donors (Lipinski definition) is 3. The minimum Gasteiger partial charge on any atom is -0.481 e. The average Bonchev–Trinajstić information content (AvgIpc) is 3.66. The molecule has 1 aliphatic heterocycles. The second-order valence-corrected chi connectivity index (χ2v) is 10.7. The number of benzene rings is 2. The molecule has 196 valence electrons. The highest BCUT2D eigenvalue weighted by molar-refractivity contribution is 5.81. The number of anilines is 1. The van der Waals surface area contributed by atoms with Crippen molar-refractivity contribution in [3.8, 4) is 5.75 Å². The first kappa shape index (κ1) is 26.5. The molecule has 1 saturated heterocycles. The molecule has 36 heavy (non-hydrogen) atoms. The van der Waals surface area contributed by atoms with Gasteiger partial charge in [-0.25, -0.2) is 0 Å². The summed E-state index contributed by atoms with van der Waals surface area (Å²) in [6, 6.07) is 12.5. The summed E-state index contributed by atoms with van der Waals surface area (Å²) in [5, 5.41) is 14.2. The lowest BCUT2D eigenvalue weighted by Crippen LogP contribution is -2.52. The normalized spacial score (nSPS) is 19.5. The maximum atomic E-state index is 13.2. The molecule has 0 radical (unpaired) electrons. The number of rotatable bonds is 9. The van der Waals surface area contributed by atoms with Gasteiger partial charge in [-0.15, -0.1) is 0 Å². The Morgan fingerprint density at radius 1 is 1.19 bits per heavy atom. The molecule has 1 aliphatic carbocycles. The van der Waals surface area contributed by atoms with Crippen molar-refractivity contribution < 1.29 is 14.6 Å². The summed E-state index contributed by atoms with van der Waals surface area (Å²) in [5.74, 6) is 0.703. The van der Waals surface area contributed by atoms with Crippen LogP contribution in [-0.2, 0) is 10.3 Å². The zero-order valence-corrected chi connectivity index (χ0v) is 22.4. The topological polar surface area (TPSA) is 91.1 Å². The smallest absolute Gasteiger partial charge is 0.263 e. The van der Waals surface area contributed by atoms with Crippen LogP contribution in [-0.4, -0.2) is 65.9 Å². The van der Waals surface area contributed by atoms with Gasteiger partial charge in [0.15, 0.2) is 6.10 Å². The summed E-state index contributed by atoms with van der Waals surface area (Å²) in [7, 11) is 1.88. The first-order valence-corrected chi connectivity index (χ1v) is 13.1. The predicted octanol–water partition coefficient (Wildman–Crippen LogP) is 3.48. The van der Waals surface area contributed by atoms with E-state index in [0.717, 1.165) is 61.2 Å². The number of likely N-dealkylation sites (N-methyl/N-ethyl adjacent to an activating group) is 1. The number of nitrogens with zero attached hydrogens (tertiary/aromatic N) is 2. The maximum absolute atomic E-state index is 13.2. The lowest BCUT2D eigenvalue weighted by atomic mass is 10.0. The van der Waals surface area contributed by atoms with Gasteiger partial charge in [-0.1, -0.05) is 30.3 Å². The number of nitrogen functional groups attached to an aromatic ring is 1. The van der Waals surface area contributed by atoms with Crippen LogP contribution in [0.15, 0.2) is 36.4 Å². The molecule has 1 saturated carbocycles. The van der Waals surface area contributed by atoms with Crippen molar-refractivity contribution in [2.24, 2.45) is 0 Å². The van der Waals surface area contributed by atoms with Crippen LogP contribution in [0.4, 0.5) is 5.69 Å². The van der Waals surface area contributed by atoms with Crippen molar-refractivity contribution in [2.75, 3.05) is 32.4 Å². The van der Waals surface area contributed by atoms with Gasteiger partial charge in [0.25, 0.3) is 5.91 Å². The van der Waals surface area contributed by atoms with Crippen molar-refractivity contribution in [3.63, 3.8) is 0 Å². The highest BCUT2D eigenvalue weighted by atomic mass is 16.5. The molecule has 7 heteroatoms. The third-order valence-corrected chi connectivity index (χ3v) is 8.16. The van der Waals surface area contributed by atoms with E-state index in [2.05, 4.69) is 34.5 Å². The minimum absolute atomic E-state index is 0.0137. The van der Waals surface area contributed by atoms with Crippen molar-refractivity contribution in [3.05, 3.63) is 58.7 Å². The third kappa shape index (κ3) is 5.69. The summed E-state index contributed by atoms with van der Waals surface area (Å²) in [5.41, 5.74) is 11.0. The molecule has 0 bridgehead atoms. The summed E-state index contributed by atoms with van der Waals surface area (Å²) >= 11 is 0. The molecule has 2 aromatic carbocycles. The second-order valence-electron chi connectivity index (χ2n) is 10.7. The zero-order valence-electron chi connectivity index (χ0n) is 22.4. The van der Waals surface area contributed by atoms with E-state index in [0.29, 0.717) is 12.3 Å². The van der Waals surface area contributed by atoms with Gasteiger partial charge in [0, 0.05) is 44.0 Å². The van der Waals surface area contributed by atoms with Gasteiger partial charge in [0.2, 0.25) is 0 Å². The maximum Gasteiger partial charge on any atom is 0.263 e. The Hall–Kier alpha value is -2.61. The van der Waals surface area contributed by atoms with E-state index in [-0.39, 0.29) is 17.5 Å². The first-order chi connectivity index (χ1) is 17.1. The van der Waals surface area contributed by atoms with E-state index in [1.54, 1.807) is 0 Å². The van der Waals surface area contributed by atoms with E-state index < -0.39 is 12.3 Å². The molecule has 4 N–H and O–H groups in total. The summed E-state index contributed by atoms with van der Waals surface area (Å²) in [6.07, 6.45) is 2.71. The molecule has 7 nitrogen and oxygen atoms in total. The summed E-state index contributed by atoms with van der Waals surface area (Å²) in [6.45, 7) is 10.0. The van der Waals surface area contributed by atoms with E-state index in [1.165, 1.54) is 5.56 Å². The van der Waals surface area contributed by atoms with Gasteiger partial charge >= 0.3 is 0 Å². The Bertz CT molecular complexity index is 1060. The number of nitrogens with one attached hydrogen (secondary N) is 1. The van der Waals surface area contributed by atoms with Gasteiger partial charge in [0.1, 0.15) is 12.0 Å². The van der Waals surface area contributed by atoms with Crippen molar-refractivity contribution >= 4 is 11.6 Å². The molecular weight excluding hydrogens is 452 g/mol. The van der Waals surface area contributed by atoms with Crippen LogP contribution in [0.3, 0.4) is 0 Å². The molecule has 2 atom stereocenters. The Kier molecular flexibility index (Phi) is 7.93. The van der Waals surface area contributed by atoms with Crippen molar-refractivity contribution in [1.82, 2.24) is 15.1 Å². The minimum atomic E-state index is -0.577. The molecule has 1 amide bonds. The molecule has 1 heterocycles. The van der Waals surface area contributed by atoms with E-state index in [1.807, 2.05) is 51.8 Å². The van der Waals surface area contributed by atoms with Gasteiger partial charge in [-0.05, 0) is 81.7 Å². The first-order valence-electron chi connectivity index (χ1n) is 13.1. The number of carbonyl (C=O) groups excluding carboxylic acids is 1. The number of amides is 1. The van der Waals surface area contributed by atoms with Crippen LogP contribution in [0.5, 0.6) is 5.75 Å². The highest BCUT2D eigenvalue weighted by Gasteiger charge is 2.45. The number of likely N-dealkylation sites (tertiary alicyclic amines) is 1. The molecular formula is C29H42N4O3. The lowest BCUT2D eigenvalue weighted by Gasteiger charge is -2.38. The number of carbonyl (C=O) groups is 1. The number of aryl methyl sites for hydroxylation is 1. The van der Waals surface area contributed by atoms with Crippen LogP contribution in [0.25, 0.3) is 0 Å². The predicted molar refractivity (Wildman–Crippen MR) is 144 cm³/mol. The number of aliphatic hydroxyl groups is 1. The van der Waals surface area contributed by atoms with Crippen LogP contribution in [0, 0.1) is 20.8 Å². The Balaban J connectivity index is 1.26. The Morgan fingerprint density at radius 3 is 2.44 bits per heavy atom. The number of hydrogen-bond acceptors (Lipinski definition) is 6. The largest absolute Gasteiger partial charge is 0.481 e. The fourth-order valence-electron chi connectivity index (χ4n) is 5.39. The zero-order chi connectivity index (χ0) is 26.0. The molecule has 0 spiro atoms. The standard InChI is InChI=1S/C29H42N4O3/c1-19-17-25(20(2)21(3)27(19)30)36-22(4)28(35)32(5)24-11-15-33(16-12-24)18-26(34)31-29(13-14-29)23-9-7-6-8-10-23/h6-10,17,22,24,26,31,34H,11-16,18,30H2,1-5H3. The quantitative estimate of drug-likeness (QED) is 0.365. The molecule has 2 fully saturated rings. The van der Waals surface area contributed by atoms with Gasteiger partial charge in [-0.2, -0.15) is 0 Å². The van der Waals surface area contributed by atoms with E-state index in [4.69, 9.17) is 10.5 Å². The molecule has 2 unspecified atom stereocenters. The second kappa shape index (κ2) is 10.8. The molecule has 2 aliphatic rings. The van der Waals surface area contributed by atoms with Gasteiger partial charge < -0.3 is 20.5 Å². The number of β-amino-alcohol motifs (C(OH)–C–C–N with tert-alkyl or cyclic N) is 1. The van der Waals surface area contributed by atoms with E-state index >= 15 is 0 Å². The summed E-state index contributed by atoms with van der Waals surface area (Å²) in [4.78, 5) is 17.3. The third-order valence-electron chi connectivity index (χ3n) is 8.16. The number of ether oxygens (including phenoxy) is 1.